The van der Waals surface area contributed by atoms with Gasteiger partial charge in [0.2, 0.25) is 0 Å². The van der Waals surface area contributed by atoms with Crippen LogP contribution in [0.25, 0.3) is 0 Å². The highest BCUT2D eigenvalue weighted by atomic mass is 16.3. The quantitative estimate of drug-likeness (QED) is 0.480. The van der Waals surface area contributed by atoms with E-state index in [4.69, 9.17) is 16.6 Å². The molecule has 0 aromatic carbocycles. The largest absolute Gasteiger partial charge is 0.395 e. The molecule has 3 nitrogen and oxygen atoms in total. The van der Waals surface area contributed by atoms with Crippen molar-refractivity contribution >= 4 is 0 Å². The standard InChI is InChI=1S/C7H13NO2/c1-2-3-8(4-6-9)5-7-10/h1,9-10H,3-7H2. The lowest BCUT2D eigenvalue weighted by molar-refractivity contribution is 0.174. The summed E-state index contributed by atoms with van der Waals surface area (Å²) in [5, 5.41) is 17.0. The number of aliphatic hydroxyl groups excluding tert-OH is 2. The van der Waals surface area contributed by atoms with Crippen LogP contribution in [0.2, 0.25) is 0 Å². The molecule has 3 heteroatoms. The van der Waals surface area contributed by atoms with E-state index in [1.165, 1.54) is 0 Å². The SMILES string of the molecule is C#CCN(CCO)CCO. The molecule has 0 saturated heterocycles. The second-order valence-corrected chi connectivity index (χ2v) is 1.93. The van der Waals surface area contributed by atoms with Crippen LogP contribution in [-0.4, -0.2) is 48.0 Å². The molecule has 0 amide bonds. The molecular weight excluding hydrogens is 130 g/mol. The second kappa shape index (κ2) is 6.56. The lowest BCUT2D eigenvalue weighted by Crippen LogP contribution is -2.30. The molecule has 2 N–H and O–H groups in total. The highest BCUT2D eigenvalue weighted by Gasteiger charge is 1.98. The Bertz CT molecular complexity index is 103. The monoisotopic (exact) mass is 143 g/mol. The fourth-order valence-electron chi connectivity index (χ4n) is 0.682. The van der Waals surface area contributed by atoms with Crippen molar-refractivity contribution in [2.24, 2.45) is 0 Å². The Balaban J connectivity index is 3.42. The first-order chi connectivity index (χ1) is 4.85. The van der Waals surface area contributed by atoms with Crippen molar-refractivity contribution in [3.05, 3.63) is 0 Å². The molecule has 0 atom stereocenters. The highest BCUT2D eigenvalue weighted by molar-refractivity contribution is 4.87. The van der Waals surface area contributed by atoms with Gasteiger partial charge in [-0.2, -0.15) is 0 Å². The van der Waals surface area contributed by atoms with Crippen LogP contribution < -0.4 is 0 Å². The summed E-state index contributed by atoms with van der Waals surface area (Å²) in [4.78, 5) is 1.81. The summed E-state index contributed by atoms with van der Waals surface area (Å²) in [5.41, 5.74) is 0. The Hall–Kier alpha value is -0.560. The predicted octanol–water partition coefficient (Wildman–Crippen LogP) is -1.09. The van der Waals surface area contributed by atoms with Crippen molar-refractivity contribution in [3.8, 4) is 12.3 Å². The third-order valence-electron chi connectivity index (χ3n) is 1.15. The molecule has 0 aliphatic rings. The van der Waals surface area contributed by atoms with Crippen LogP contribution in [0.1, 0.15) is 0 Å². The van der Waals surface area contributed by atoms with E-state index in [-0.39, 0.29) is 13.2 Å². The number of nitrogens with zero attached hydrogens (tertiary/aromatic N) is 1. The van der Waals surface area contributed by atoms with Gasteiger partial charge < -0.3 is 10.2 Å². The zero-order valence-corrected chi connectivity index (χ0v) is 5.95. The number of aliphatic hydroxyl groups is 2. The van der Waals surface area contributed by atoms with E-state index in [1.807, 2.05) is 0 Å². The maximum absolute atomic E-state index is 8.50. The summed E-state index contributed by atoms with van der Waals surface area (Å²) in [7, 11) is 0. The molecule has 0 aromatic heterocycles. The van der Waals surface area contributed by atoms with E-state index < -0.39 is 0 Å². The molecule has 0 rings (SSSR count). The molecule has 10 heavy (non-hydrogen) atoms. The molecular formula is C7H13NO2. The molecule has 0 radical (unpaired) electrons. The number of hydrogen-bond donors (Lipinski definition) is 2. The Morgan fingerprint density at radius 1 is 1.20 bits per heavy atom. The molecule has 0 unspecified atom stereocenters. The van der Waals surface area contributed by atoms with Gasteiger partial charge in [0.15, 0.2) is 0 Å². The van der Waals surface area contributed by atoms with Crippen LogP contribution in [0.3, 0.4) is 0 Å². The van der Waals surface area contributed by atoms with Gasteiger partial charge in [-0.15, -0.1) is 6.42 Å². The van der Waals surface area contributed by atoms with Crippen molar-refractivity contribution < 1.29 is 10.2 Å². The van der Waals surface area contributed by atoms with Crippen molar-refractivity contribution in [1.29, 1.82) is 0 Å². The highest BCUT2D eigenvalue weighted by Crippen LogP contribution is 1.83. The van der Waals surface area contributed by atoms with E-state index in [0.717, 1.165) is 0 Å². The van der Waals surface area contributed by atoms with Gasteiger partial charge in [0.25, 0.3) is 0 Å². The second-order valence-electron chi connectivity index (χ2n) is 1.93. The lowest BCUT2D eigenvalue weighted by Gasteiger charge is -2.15. The number of rotatable bonds is 5. The van der Waals surface area contributed by atoms with Gasteiger partial charge in [0.05, 0.1) is 19.8 Å². The lowest BCUT2D eigenvalue weighted by atomic mass is 10.4. The zero-order valence-electron chi connectivity index (χ0n) is 5.95. The van der Waals surface area contributed by atoms with Crippen molar-refractivity contribution in [2.45, 2.75) is 0 Å². The first-order valence-corrected chi connectivity index (χ1v) is 3.22. The van der Waals surface area contributed by atoms with E-state index in [1.54, 1.807) is 4.90 Å². The minimum Gasteiger partial charge on any atom is -0.395 e. The van der Waals surface area contributed by atoms with Crippen LogP contribution in [0, 0.1) is 12.3 Å². The summed E-state index contributed by atoms with van der Waals surface area (Å²) in [6, 6.07) is 0. The molecule has 0 aliphatic carbocycles. The average Bonchev–Trinajstić information content (AvgIpc) is 1.90. The molecule has 0 bridgehead atoms. The Morgan fingerprint density at radius 3 is 2.00 bits per heavy atom. The fourth-order valence-corrected chi connectivity index (χ4v) is 0.682. The number of hydrogen-bond acceptors (Lipinski definition) is 3. The molecule has 0 aromatic rings. The average molecular weight is 143 g/mol. The first kappa shape index (κ1) is 9.44. The van der Waals surface area contributed by atoms with Crippen LogP contribution in [0.5, 0.6) is 0 Å². The van der Waals surface area contributed by atoms with Gasteiger partial charge in [-0.3, -0.25) is 4.90 Å². The zero-order chi connectivity index (χ0) is 7.82. The van der Waals surface area contributed by atoms with Gasteiger partial charge in [-0.05, 0) is 0 Å². The first-order valence-electron chi connectivity index (χ1n) is 3.22. The molecule has 0 saturated carbocycles. The van der Waals surface area contributed by atoms with E-state index in [2.05, 4.69) is 5.92 Å². The minimum atomic E-state index is 0.0850. The summed E-state index contributed by atoms with van der Waals surface area (Å²) in [6.45, 7) is 1.72. The topological polar surface area (TPSA) is 43.7 Å². The van der Waals surface area contributed by atoms with Crippen molar-refractivity contribution in [3.63, 3.8) is 0 Å². The molecule has 0 spiro atoms. The Labute approximate surface area is 61.3 Å². The fraction of sp³-hybridized carbons (Fsp3) is 0.714. The Kier molecular flexibility index (Phi) is 6.19. The van der Waals surface area contributed by atoms with Gasteiger partial charge in [-0.1, -0.05) is 5.92 Å². The summed E-state index contributed by atoms with van der Waals surface area (Å²) >= 11 is 0. The van der Waals surface area contributed by atoms with Crippen molar-refractivity contribution in [1.82, 2.24) is 4.90 Å². The molecule has 58 valence electrons. The summed E-state index contributed by atoms with van der Waals surface area (Å²) < 4.78 is 0. The Morgan fingerprint density at radius 2 is 1.70 bits per heavy atom. The maximum atomic E-state index is 8.50. The van der Waals surface area contributed by atoms with Crippen LogP contribution in [0.15, 0.2) is 0 Å². The third kappa shape index (κ3) is 4.33. The van der Waals surface area contributed by atoms with E-state index in [0.29, 0.717) is 19.6 Å². The van der Waals surface area contributed by atoms with Gasteiger partial charge >= 0.3 is 0 Å². The number of terminal acetylenes is 1. The van der Waals surface area contributed by atoms with Gasteiger partial charge in [0.1, 0.15) is 0 Å². The summed E-state index contributed by atoms with van der Waals surface area (Å²) in [6.07, 6.45) is 5.04. The van der Waals surface area contributed by atoms with Gasteiger partial charge in [0, 0.05) is 13.1 Å². The van der Waals surface area contributed by atoms with Crippen LogP contribution in [-0.2, 0) is 0 Å². The van der Waals surface area contributed by atoms with Crippen LogP contribution >= 0.6 is 0 Å². The minimum absolute atomic E-state index is 0.0850. The summed E-state index contributed by atoms with van der Waals surface area (Å²) in [5.74, 6) is 2.44. The van der Waals surface area contributed by atoms with Gasteiger partial charge in [-0.25, -0.2) is 0 Å². The molecule has 0 aliphatic heterocycles. The van der Waals surface area contributed by atoms with Crippen LogP contribution in [0.4, 0.5) is 0 Å². The predicted molar refractivity (Wildman–Crippen MR) is 39.4 cm³/mol. The van der Waals surface area contributed by atoms with E-state index in [9.17, 15) is 0 Å². The normalized spacial score (nSPS) is 9.80. The maximum Gasteiger partial charge on any atom is 0.0600 e. The van der Waals surface area contributed by atoms with Crippen molar-refractivity contribution in [2.75, 3.05) is 32.8 Å². The molecule has 0 heterocycles. The van der Waals surface area contributed by atoms with E-state index >= 15 is 0 Å². The third-order valence-corrected chi connectivity index (χ3v) is 1.15. The molecule has 0 fully saturated rings. The smallest absolute Gasteiger partial charge is 0.0600 e.